The van der Waals surface area contributed by atoms with Crippen molar-refractivity contribution >= 4 is 40.5 Å². The van der Waals surface area contributed by atoms with E-state index in [9.17, 15) is 9.59 Å². The summed E-state index contributed by atoms with van der Waals surface area (Å²) in [5.41, 5.74) is 4.10. The van der Waals surface area contributed by atoms with E-state index in [1.807, 2.05) is 12.1 Å². The molecule has 0 spiro atoms. The summed E-state index contributed by atoms with van der Waals surface area (Å²) in [4.78, 5) is 25.4. The minimum Gasteiger partial charge on any atom is -0.315 e. The molecule has 102 valence electrons. The van der Waals surface area contributed by atoms with Gasteiger partial charge in [0.2, 0.25) is 5.91 Å². The molecule has 1 amide bonds. The van der Waals surface area contributed by atoms with Crippen LogP contribution in [0.2, 0.25) is 0 Å². The lowest BCUT2D eigenvalue weighted by Crippen LogP contribution is -2.20. The van der Waals surface area contributed by atoms with Crippen LogP contribution in [0.3, 0.4) is 0 Å². The second kappa shape index (κ2) is 5.34. The molecule has 20 heavy (non-hydrogen) atoms. The van der Waals surface area contributed by atoms with Gasteiger partial charge in [0.1, 0.15) is 5.51 Å². The average Bonchev–Trinajstić information content (AvgIpc) is 3.05. The number of anilines is 1. The maximum Gasteiger partial charge on any atom is 0.231 e. The van der Waals surface area contributed by atoms with Gasteiger partial charge in [0.15, 0.2) is 10.1 Å². The van der Waals surface area contributed by atoms with Crippen LogP contribution in [-0.2, 0) is 11.2 Å². The second-order valence-corrected chi connectivity index (χ2v) is 6.45. The molecule has 1 aliphatic heterocycles. The molecule has 0 bridgehead atoms. The number of rotatable bonds is 4. The SMILES string of the molecule is CN1C(=O)Cc2cc(C(=O)CSc3nncs3)ccc21. The zero-order valence-corrected chi connectivity index (χ0v) is 12.3. The van der Waals surface area contributed by atoms with Crippen molar-refractivity contribution in [1.29, 1.82) is 0 Å². The number of benzene rings is 1. The molecule has 0 aliphatic carbocycles. The Hall–Kier alpha value is -1.73. The molecule has 7 heteroatoms. The summed E-state index contributed by atoms with van der Waals surface area (Å²) in [6.07, 6.45) is 0.372. The Morgan fingerprint density at radius 1 is 1.50 bits per heavy atom. The van der Waals surface area contributed by atoms with Crippen LogP contribution in [-0.4, -0.2) is 34.7 Å². The topological polar surface area (TPSA) is 63.2 Å². The predicted octanol–water partition coefficient (Wildman–Crippen LogP) is 2.03. The van der Waals surface area contributed by atoms with E-state index in [-0.39, 0.29) is 11.7 Å². The first-order valence-corrected chi connectivity index (χ1v) is 7.83. The standard InChI is InChI=1S/C13H11N3O2S2/c1-16-10-3-2-8(4-9(10)5-12(16)18)11(17)6-19-13-15-14-7-20-13/h2-4,7H,5-6H2,1H3. The number of amides is 1. The Labute approximate surface area is 124 Å². The highest BCUT2D eigenvalue weighted by molar-refractivity contribution is 8.01. The predicted molar refractivity (Wildman–Crippen MR) is 78.5 cm³/mol. The third kappa shape index (κ3) is 2.46. The molecule has 0 saturated heterocycles. The van der Waals surface area contributed by atoms with Crippen molar-refractivity contribution in [2.75, 3.05) is 17.7 Å². The highest BCUT2D eigenvalue weighted by Crippen LogP contribution is 2.29. The van der Waals surface area contributed by atoms with Crippen LogP contribution in [0.4, 0.5) is 5.69 Å². The Morgan fingerprint density at radius 2 is 2.35 bits per heavy atom. The molecule has 0 N–H and O–H groups in total. The third-order valence-electron chi connectivity index (χ3n) is 3.15. The summed E-state index contributed by atoms with van der Waals surface area (Å²) >= 11 is 2.80. The van der Waals surface area contributed by atoms with Crippen molar-refractivity contribution in [3.63, 3.8) is 0 Å². The number of hydrogen-bond donors (Lipinski definition) is 0. The van der Waals surface area contributed by atoms with E-state index < -0.39 is 0 Å². The smallest absolute Gasteiger partial charge is 0.231 e. The summed E-state index contributed by atoms with van der Waals surface area (Å²) in [7, 11) is 1.75. The fourth-order valence-corrected chi connectivity index (χ4v) is 3.46. The lowest BCUT2D eigenvalue weighted by Gasteiger charge is -2.10. The van der Waals surface area contributed by atoms with Gasteiger partial charge in [-0.2, -0.15) is 0 Å². The van der Waals surface area contributed by atoms with Gasteiger partial charge in [-0.1, -0.05) is 23.1 Å². The van der Waals surface area contributed by atoms with E-state index in [1.54, 1.807) is 23.5 Å². The van der Waals surface area contributed by atoms with Gasteiger partial charge in [-0.25, -0.2) is 0 Å². The monoisotopic (exact) mass is 305 g/mol. The summed E-state index contributed by atoms with van der Waals surface area (Å²) in [5, 5.41) is 7.62. The molecule has 5 nitrogen and oxygen atoms in total. The zero-order chi connectivity index (χ0) is 14.1. The average molecular weight is 305 g/mol. The minimum atomic E-state index is 0.0370. The van der Waals surface area contributed by atoms with Crippen LogP contribution in [0, 0.1) is 0 Å². The van der Waals surface area contributed by atoms with Crippen LogP contribution in [0.5, 0.6) is 0 Å². The van der Waals surface area contributed by atoms with E-state index in [0.717, 1.165) is 15.6 Å². The van der Waals surface area contributed by atoms with Gasteiger partial charge in [0.05, 0.1) is 12.2 Å². The Bertz CT molecular complexity index is 670. The van der Waals surface area contributed by atoms with Gasteiger partial charge in [-0.05, 0) is 23.8 Å². The van der Waals surface area contributed by atoms with Gasteiger partial charge in [0.25, 0.3) is 0 Å². The van der Waals surface area contributed by atoms with Crippen LogP contribution < -0.4 is 4.90 Å². The molecular weight excluding hydrogens is 294 g/mol. The Kier molecular flexibility index (Phi) is 3.54. The van der Waals surface area contributed by atoms with Crippen LogP contribution in [0.15, 0.2) is 28.0 Å². The van der Waals surface area contributed by atoms with E-state index in [2.05, 4.69) is 10.2 Å². The van der Waals surface area contributed by atoms with Gasteiger partial charge in [-0.3, -0.25) is 9.59 Å². The number of hydrogen-bond acceptors (Lipinski definition) is 6. The molecule has 0 fully saturated rings. The van der Waals surface area contributed by atoms with Gasteiger partial charge >= 0.3 is 0 Å². The Morgan fingerprint density at radius 3 is 3.10 bits per heavy atom. The lowest BCUT2D eigenvalue weighted by atomic mass is 10.1. The second-order valence-electron chi connectivity index (χ2n) is 4.39. The lowest BCUT2D eigenvalue weighted by molar-refractivity contribution is -0.117. The van der Waals surface area contributed by atoms with Gasteiger partial charge in [0, 0.05) is 18.3 Å². The molecule has 0 saturated carbocycles. The number of Topliss-reactive ketones (excluding diaryl/α,β-unsaturated/α-hetero) is 1. The van der Waals surface area contributed by atoms with Crippen molar-refractivity contribution < 1.29 is 9.59 Å². The summed E-state index contributed by atoms with van der Waals surface area (Å²) in [6.45, 7) is 0. The van der Waals surface area contributed by atoms with Crippen LogP contribution in [0.25, 0.3) is 0 Å². The maximum atomic E-state index is 12.1. The number of carbonyl (C=O) groups excluding carboxylic acids is 2. The summed E-state index contributed by atoms with van der Waals surface area (Å²) < 4.78 is 0.787. The first kappa shape index (κ1) is 13.3. The normalized spacial score (nSPS) is 13.7. The summed E-state index contributed by atoms with van der Waals surface area (Å²) in [5.74, 6) is 0.431. The molecule has 0 unspecified atom stereocenters. The minimum absolute atomic E-state index is 0.0370. The van der Waals surface area contributed by atoms with Crippen LogP contribution in [0.1, 0.15) is 15.9 Å². The maximum absolute atomic E-state index is 12.1. The third-order valence-corrected chi connectivity index (χ3v) is 5.01. The molecule has 0 atom stereocenters. The number of likely N-dealkylation sites (N-methyl/N-ethyl adjacent to an activating group) is 1. The van der Waals surface area contributed by atoms with E-state index in [1.165, 1.54) is 23.1 Å². The molecule has 0 radical (unpaired) electrons. The van der Waals surface area contributed by atoms with E-state index >= 15 is 0 Å². The van der Waals surface area contributed by atoms with E-state index in [4.69, 9.17) is 0 Å². The van der Waals surface area contributed by atoms with Crippen LogP contribution >= 0.6 is 23.1 Å². The molecule has 1 aliphatic rings. The first-order chi connectivity index (χ1) is 9.65. The molecule has 2 heterocycles. The largest absolute Gasteiger partial charge is 0.315 e. The van der Waals surface area contributed by atoms with Crippen molar-refractivity contribution in [3.05, 3.63) is 34.8 Å². The van der Waals surface area contributed by atoms with Gasteiger partial charge < -0.3 is 4.90 Å². The highest BCUT2D eigenvalue weighted by atomic mass is 32.2. The highest BCUT2D eigenvalue weighted by Gasteiger charge is 2.24. The van der Waals surface area contributed by atoms with Crippen molar-refractivity contribution in [3.8, 4) is 0 Å². The van der Waals surface area contributed by atoms with Crippen molar-refractivity contribution in [2.45, 2.75) is 10.8 Å². The van der Waals surface area contributed by atoms with Gasteiger partial charge in [-0.15, -0.1) is 10.2 Å². The Balaban J connectivity index is 1.73. The quantitative estimate of drug-likeness (QED) is 0.639. The number of ketones is 1. The molecule has 1 aromatic heterocycles. The molecule has 3 rings (SSSR count). The van der Waals surface area contributed by atoms with Crippen molar-refractivity contribution in [1.82, 2.24) is 10.2 Å². The molecule has 1 aromatic carbocycles. The fraction of sp³-hybridized carbons (Fsp3) is 0.231. The first-order valence-electron chi connectivity index (χ1n) is 5.97. The zero-order valence-electron chi connectivity index (χ0n) is 10.7. The number of aromatic nitrogens is 2. The number of thioether (sulfide) groups is 1. The number of nitrogens with zero attached hydrogens (tertiary/aromatic N) is 3. The summed E-state index contributed by atoms with van der Waals surface area (Å²) in [6, 6.07) is 5.43. The van der Waals surface area contributed by atoms with Crippen molar-refractivity contribution in [2.24, 2.45) is 0 Å². The fourth-order valence-electron chi connectivity index (χ4n) is 2.08. The van der Waals surface area contributed by atoms with E-state index in [0.29, 0.717) is 17.7 Å². The number of carbonyl (C=O) groups is 2. The molecule has 2 aromatic rings. The number of fused-ring (bicyclic) bond motifs is 1. The molecular formula is C13H11N3O2S2.